The molecule has 39 heavy (non-hydrogen) atoms. The van der Waals surface area contributed by atoms with Crippen molar-refractivity contribution in [1.82, 2.24) is 0 Å². The quantitative estimate of drug-likeness (QED) is 0.166. The average Bonchev–Trinajstić information content (AvgIpc) is 2.97. The Morgan fingerprint density at radius 2 is 1.36 bits per heavy atom. The van der Waals surface area contributed by atoms with Crippen LogP contribution in [-0.2, 0) is 4.43 Å². The minimum atomic E-state index is -1.61. The number of aliphatic hydroxyl groups is 1. The van der Waals surface area contributed by atoms with Gasteiger partial charge < -0.3 is 9.53 Å². The summed E-state index contributed by atoms with van der Waals surface area (Å²) in [6.07, 6.45) is 3.47. The monoisotopic (exact) mass is 541 g/mol. The van der Waals surface area contributed by atoms with Gasteiger partial charge in [0.15, 0.2) is 19.9 Å². The number of unbranched alkanes of at least 4 members (excludes halogenated alkanes) is 1. The SMILES string of the molecule is CCCCC(C#N)C(=O)c1ccc(C(=O)c2ccc(-c3ccc(C(O)CCC[Si](C)(C)OC)cc3)cc2)cc1. The van der Waals surface area contributed by atoms with Crippen LogP contribution in [0.15, 0.2) is 72.8 Å². The van der Waals surface area contributed by atoms with E-state index in [1.54, 1.807) is 43.5 Å². The Kier molecular flexibility index (Phi) is 10.9. The second kappa shape index (κ2) is 14.1. The van der Waals surface area contributed by atoms with Gasteiger partial charge in [-0.2, -0.15) is 5.26 Å². The standard InChI is InChI=1S/C33H39NO4Si/c1-5-6-8-30(23-34)33(37)29-20-18-28(19-21-29)32(36)27-16-12-25(13-17-27)24-10-14-26(15-11-24)31(35)9-7-22-39(3,4)38-2/h10-21,30-31,35H,5-9,22H2,1-4H3. The zero-order valence-electron chi connectivity index (χ0n) is 23.4. The molecule has 0 bridgehead atoms. The highest BCUT2D eigenvalue weighted by atomic mass is 28.4. The lowest BCUT2D eigenvalue weighted by Crippen LogP contribution is -2.28. The number of carbonyl (C=O) groups is 2. The first-order valence-electron chi connectivity index (χ1n) is 13.7. The molecule has 6 heteroatoms. The predicted octanol–water partition coefficient (Wildman–Crippen LogP) is 7.76. The van der Waals surface area contributed by atoms with Gasteiger partial charge in [0, 0.05) is 23.8 Å². The molecule has 0 radical (unpaired) electrons. The summed E-state index contributed by atoms with van der Waals surface area (Å²) in [7, 11) is 0.161. The molecule has 0 amide bonds. The van der Waals surface area contributed by atoms with Gasteiger partial charge in [0.05, 0.1) is 12.2 Å². The minimum Gasteiger partial charge on any atom is -0.420 e. The molecule has 0 heterocycles. The van der Waals surface area contributed by atoms with Crippen LogP contribution >= 0.6 is 0 Å². The number of ketones is 2. The Balaban J connectivity index is 1.62. The van der Waals surface area contributed by atoms with Gasteiger partial charge in [0.1, 0.15) is 5.92 Å². The molecule has 0 aliphatic heterocycles. The molecule has 0 saturated carbocycles. The molecule has 0 saturated heterocycles. The van der Waals surface area contributed by atoms with Crippen molar-refractivity contribution in [3.63, 3.8) is 0 Å². The van der Waals surface area contributed by atoms with Gasteiger partial charge >= 0.3 is 0 Å². The number of rotatable bonds is 14. The lowest BCUT2D eigenvalue weighted by molar-refractivity contribution is 0.0941. The van der Waals surface area contributed by atoms with Crippen LogP contribution in [0.5, 0.6) is 0 Å². The van der Waals surface area contributed by atoms with E-state index in [9.17, 15) is 20.0 Å². The van der Waals surface area contributed by atoms with E-state index in [4.69, 9.17) is 4.43 Å². The largest absolute Gasteiger partial charge is 0.420 e. The summed E-state index contributed by atoms with van der Waals surface area (Å²) in [6, 6.07) is 25.0. The zero-order valence-corrected chi connectivity index (χ0v) is 24.4. The fourth-order valence-corrected chi connectivity index (χ4v) is 5.78. The highest BCUT2D eigenvalue weighted by Gasteiger charge is 2.21. The Morgan fingerprint density at radius 3 is 1.87 bits per heavy atom. The van der Waals surface area contributed by atoms with Crippen molar-refractivity contribution in [2.24, 2.45) is 5.92 Å². The van der Waals surface area contributed by atoms with Crippen molar-refractivity contribution in [3.05, 3.63) is 95.1 Å². The molecule has 2 unspecified atom stereocenters. The van der Waals surface area contributed by atoms with Gasteiger partial charge in [0.2, 0.25) is 0 Å². The van der Waals surface area contributed by atoms with E-state index in [2.05, 4.69) is 19.2 Å². The van der Waals surface area contributed by atoms with Crippen LogP contribution in [-0.4, -0.2) is 32.1 Å². The topological polar surface area (TPSA) is 87.4 Å². The number of carbonyl (C=O) groups excluding carboxylic acids is 2. The molecule has 0 spiro atoms. The molecular weight excluding hydrogens is 502 g/mol. The smallest absolute Gasteiger partial charge is 0.193 e. The molecule has 0 aliphatic rings. The van der Waals surface area contributed by atoms with Gasteiger partial charge in [-0.1, -0.05) is 99.0 Å². The first-order chi connectivity index (χ1) is 18.7. The second-order valence-electron chi connectivity index (χ2n) is 10.7. The first-order valence-corrected chi connectivity index (χ1v) is 16.8. The minimum absolute atomic E-state index is 0.124. The van der Waals surface area contributed by atoms with E-state index in [0.29, 0.717) is 29.5 Å². The van der Waals surface area contributed by atoms with E-state index in [1.807, 2.05) is 43.3 Å². The van der Waals surface area contributed by atoms with Crippen LogP contribution in [0, 0.1) is 17.2 Å². The molecule has 204 valence electrons. The second-order valence-corrected chi connectivity index (χ2v) is 15.1. The molecule has 1 N–H and O–H groups in total. The van der Waals surface area contributed by atoms with Crippen molar-refractivity contribution in [2.75, 3.05) is 7.11 Å². The van der Waals surface area contributed by atoms with Crippen molar-refractivity contribution in [1.29, 1.82) is 5.26 Å². The molecule has 3 aromatic rings. The van der Waals surface area contributed by atoms with Gasteiger partial charge in [-0.15, -0.1) is 0 Å². The van der Waals surface area contributed by atoms with Crippen molar-refractivity contribution >= 4 is 19.9 Å². The molecule has 3 aromatic carbocycles. The first kappa shape index (κ1) is 30.2. The third-order valence-electron chi connectivity index (χ3n) is 7.34. The predicted molar refractivity (Wildman–Crippen MR) is 158 cm³/mol. The van der Waals surface area contributed by atoms with Crippen LogP contribution in [0.4, 0.5) is 0 Å². The van der Waals surface area contributed by atoms with Gasteiger partial charge in [-0.05, 0) is 48.7 Å². The number of aliphatic hydroxyl groups excluding tert-OH is 1. The lowest BCUT2D eigenvalue weighted by atomic mass is 9.92. The number of Topliss-reactive ketones (excluding diaryl/α,β-unsaturated/α-hetero) is 1. The third kappa shape index (κ3) is 8.30. The maximum absolute atomic E-state index is 13.0. The van der Waals surface area contributed by atoms with Gasteiger partial charge in [-0.25, -0.2) is 0 Å². The van der Waals surface area contributed by atoms with E-state index < -0.39 is 20.3 Å². The van der Waals surface area contributed by atoms with Crippen LogP contribution < -0.4 is 0 Å². The van der Waals surface area contributed by atoms with Crippen LogP contribution in [0.2, 0.25) is 19.1 Å². The number of nitriles is 1. The lowest BCUT2D eigenvalue weighted by Gasteiger charge is -2.20. The summed E-state index contributed by atoms with van der Waals surface area (Å²) < 4.78 is 5.59. The van der Waals surface area contributed by atoms with E-state index in [0.717, 1.165) is 42.0 Å². The summed E-state index contributed by atoms with van der Waals surface area (Å²) in [5.41, 5.74) is 4.41. The molecule has 0 aromatic heterocycles. The average molecular weight is 542 g/mol. The van der Waals surface area contributed by atoms with Crippen LogP contribution in [0.25, 0.3) is 11.1 Å². The maximum atomic E-state index is 13.0. The molecule has 2 atom stereocenters. The normalized spacial score (nSPS) is 12.9. The summed E-state index contributed by atoms with van der Waals surface area (Å²) in [5, 5.41) is 19.9. The highest BCUT2D eigenvalue weighted by molar-refractivity contribution is 6.71. The zero-order chi connectivity index (χ0) is 28.4. The van der Waals surface area contributed by atoms with Crippen molar-refractivity contribution in [2.45, 2.75) is 64.3 Å². The number of nitrogens with zero attached hydrogens (tertiary/aromatic N) is 1. The third-order valence-corrected chi connectivity index (χ3v) is 10.00. The maximum Gasteiger partial charge on any atom is 0.193 e. The summed E-state index contributed by atoms with van der Waals surface area (Å²) in [4.78, 5) is 25.7. The molecule has 5 nitrogen and oxygen atoms in total. The highest BCUT2D eigenvalue weighted by Crippen LogP contribution is 2.27. The fraction of sp³-hybridized carbons (Fsp3) is 0.364. The summed E-state index contributed by atoms with van der Waals surface area (Å²) in [6.45, 7) is 6.40. The van der Waals surface area contributed by atoms with E-state index >= 15 is 0 Å². The van der Waals surface area contributed by atoms with Crippen molar-refractivity contribution in [3.8, 4) is 17.2 Å². The van der Waals surface area contributed by atoms with Gasteiger partial charge in [-0.3, -0.25) is 9.59 Å². The fourth-order valence-electron chi connectivity index (χ4n) is 4.52. The van der Waals surface area contributed by atoms with Crippen LogP contribution in [0.1, 0.15) is 77.0 Å². The molecule has 0 fully saturated rings. The number of hydrogen-bond acceptors (Lipinski definition) is 5. The molecule has 0 aliphatic carbocycles. The number of hydrogen-bond donors (Lipinski definition) is 1. The van der Waals surface area contributed by atoms with Crippen molar-refractivity contribution < 1.29 is 19.1 Å². The Bertz CT molecular complexity index is 1280. The van der Waals surface area contributed by atoms with E-state index in [-0.39, 0.29) is 11.6 Å². The van der Waals surface area contributed by atoms with E-state index in [1.165, 1.54) is 0 Å². The summed E-state index contributed by atoms with van der Waals surface area (Å²) in [5.74, 6) is -0.961. The van der Waals surface area contributed by atoms with Gasteiger partial charge in [0.25, 0.3) is 0 Å². The molecule has 3 rings (SSSR count). The van der Waals surface area contributed by atoms with Crippen LogP contribution in [0.3, 0.4) is 0 Å². The Morgan fingerprint density at radius 1 is 0.846 bits per heavy atom. The Hall–Kier alpha value is -3.37. The Labute approximate surface area is 233 Å². The molecular formula is C33H39NO4Si. The summed E-state index contributed by atoms with van der Waals surface area (Å²) >= 11 is 0. The number of benzene rings is 3.